The van der Waals surface area contributed by atoms with Gasteiger partial charge in [0.1, 0.15) is 0 Å². The Balaban J connectivity index is 1.68. The number of fused-ring (bicyclic) bond motifs is 2. The molecular formula is C20H23ClN2OS2. The zero-order valence-electron chi connectivity index (χ0n) is 14.8. The van der Waals surface area contributed by atoms with Crippen LogP contribution in [0, 0.1) is 0 Å². The van der Waals surface area contributed by atoms with Gasteiger partial charge in [-0.05, 0) is 42.5 Å². The number of para-hydroxylation sites is 1. The molecular weight excluding hydrogens is 384 g/mol. The third-order valence-corrected chi connectivity index (χ3v) is 6.54. The molecule has 0 aliphatic carbocycles. The molecule has 6 heteroatoms. The summed E-state index contributed by atoms with van der Waals surface area (Å²) in [5.41, 5.74) is 1.75. The number of urea groups is 1. The fourth-order valence-electron chi connectivity index (χ4n) is 2.81. The second-order valence-electron chi connectivity index (χ2n) is 6.07. The fourth-order valence-corrected chi connectivity index (χ4v) is 4.88. The van der Waals surface area contributed by atoms with Crippen LogP contribution >= 0.6 is 35.1 Å². The van der Waals surface area contributed by atoms with Crippen molar-refractivity contribution in [2.45, 2.75) is 36.0 Å². The zero-order valence-corrected chi connectivity index (χ0v) is 17.2. The van der Waals surface area contributed by atoms with Gasteiger partial charge in [0, 0.05) is 27.1 Å². The Hall–Kier alpha value is -1.30. The van der Waals surface area contributed by atoms with E-state index in [0.29, 0.717) is 11.6 Å². The van der Waals surface area contributed by atoms with E-state index in [0.717, 1.165) is 32.7 Å². The lowest BCUT2D eigenvalue weighted by atomic mass is 10.2. The van der Waals surface area contributed by atoms with E-state index in [1.165, 1.54) is 19.3 Å². The number of halogens is 1. The van der Waals surface area contributed by atoms with E-state index in [9.17, 15) is 4.79 Å². The van der Waals surface area contributed by atoms with Crippen LogP contribution in [0.25, 0.3) is 0 Å². The van der Waals surface area contributed by atoms with Crippen molar-refractivity contribution in [2.24, 2.45) is 0 Å². The largest absolute Gasteiger partial charge is 0.337 e. The van der Waals surface area contributed by atoms with Gasteiger partial charge < -0.3 is 5.32 Å². The van der Waals surface area contributed by atoms with Gasteiger partial charge in [-0.15, -0.1) is 0 Å². The highest BCUT2D eigenvalue weighted by atomic mass is 35.5. The van der Waals surface area contributed by atoms with Crippen LogP contribution in [0.5, 0.6) is 0 Å². The first-order chi connectivity index (χ1) is 12.7. The predicted octanol–water partition coefficient (Wildman–Crippen LogP) is 6.58. The molecule has 1 heterocycles. The van der Waals surface area contributed by atoms with E-state index in [1.807, 2.05) is 54.2 Å². The molecule has 0 spiro atoms. The number of unbranched alkanes of at least 4 members (excludes halogenated alkanes) is 2. The molecule has 26 heavy (non-hydrogen) atoms. The molecule has 0 aromatic heterocycles. The molecule has 0 saturated carbocycles. The summed E-state index contributed by atoms with van der Waals surface area (Å²) in [5, 5.41) is 3.69. The van der Waals surface area contributed by atoms with E-state index >= 15 is 0 Å². The third kappa shape index (κ3) is 4.70. The maximum atomic E-state index is 12.9. The average Bonchev–Trinajstić information content (AvgIpc) is 2.65. The molecule has 2 aromatic carbocycles. The molecule has 138 valence electrons. The lowest BCUT2D eigenvalue weighted by Crippen LogP contribution is -2.39. The van der Waals surface area contributed by atoms with Crippen molar-refractivity contribution < 1.29 is 4.79 Å². The lowest BCUT2D eigenvalue weighted by molar-refractivity contribution is 0.249. The standard InChI is InChI=1S/C20H23ClN2OS2/c1-2-3-6-12-25-13-11-22-20(24)23-16-7-4-5-8-18(16)26-19-10-9-15(21)14-17(19)23/h4-5,7-10,14H,2-3,6,11-13H2,1H3,(H,22,24). The lowest BCUT2D eigenvalue weighted by Gasteiger charge is -2.31. The van der Waals surface area contributed by atoms with Crippen molar-refractivity contribution in [1.29, 1.82) is 0 Å². The van der Waals surface area contributed by atoms with E-state index in [-0.39, 0.29) is 6.03 Å². The summed E-state index contributed by atoms with van der Waals surface area (Å²) in [6.07, 6.45) is 3.77. The number of anilines is 2. The molecule has 1 aliphatic rings. The molecule has 1 N–H and O–H groups in total. The van der Waals surface area contributed by atoms with E-state index in [4.69, 9.17) is 11.6 Å². The second-order valence-corrected chi connectivity index (χ2v) is 8.81. The smallest absolute Gasteiger partial charge is 0.326 e. The van der Waals surface area contributed by atoms with Gasteiger partial charge in [0.25, 0.3) is 0 Å². The van der Waals surface area contributed by atoms with Gasteiger partial charge in [-0.2, -0.15) is 11.8 Å². The van der Waals surface area contributed by atoms with Crippen molar-refractivity contribution in [1.82, 2.24) is 5.32 Å². The van der Waals surface area contributed by atoms with Gasteiger partial charge in [0.05, 0.1) is 11.4 Å². The quantitative estimate of drug-likeness (QED) is 0.527. The Morgan fingerprint density at radius 3 is 2.77 bits per heavy atom. The summed E-state index contributed by atoms with van der Waals surface area (Å²) >= 11 is 9.75. The number of thioether (sulfide) groups is 1. The summed E-state index contributed by atoms with van der Waals surface area (Å²) in [7, 11) is 0. The molecule has 0 atom stereocenters. The molecule has 3 nitrogen and oxygen atoms in total. The normalized spacial score (nSPS) is 12.5. The van der Waals surface area contributed by atoms with E-state index < -0.39 is 0 Å². The Bertz CT molecular complexity index is 769. The minimum Gasteiger partial charge on any atom is -0.337 e. The molecule has 0 radical (unpaired) electrons. The number of benzene rings is 2. The van der Waals surface area contributed by atoms with Crippen LogP contribution in [-0.2, 0) is 0 Å². The van der Waals surface area contributed by atoms with Crippen LogP contribution in [0.3, 0.4) is 0 Å². The van der Waals surface area contributed by atoms with E-state index in [2.05, 4.69) is 12.2 Å². The highest BCUT2D eigenvalue weighted by molar-refractivity contribution is 7.99. The number of nitrogens with one attached hydrogen (secondary N) is 1. The van der Waals surface area contributed by atoms with Gasteiger partial charge in [0.15, 0.2) is 0 Å². The van der Waals surface area contributed by atoms with Gasteiger partial charge in [0.2, 0.25) is 0 Å². The molecule has 0 fully saturated rings. The number of amides is 2. The van der Waals surface area contributed by atoms with Crippen molar-refractivity contribution in [3.05, 3.63) is 47.5 Å². The number of nitrogens with zero attached hydrogens (tertiary/aromatic N) is 1. The SMILES string of the molecule is CCCCCSCCNC(=O)N1c2ccccc2Sc2ccc(Cl)cc21. The molecule has 0 bridgehead atoms. The molecule has 2 amide bonds. The molecule has 0 saturated heterocycles. The van der Waals surface area contributed by atoms with Crippen molar-refractivity contribution in [2.75, 3.05) is 23.0 Å². The maximum Gasteiger partial charge on any atom is 0.326 e. The zero-order chi connectivity index (χ0) is 18.4. The average molecular weight is 407 g/mol. The molecule has 1 aliphatic heterocycles. The highest BCUT2D eigenvalue weighted by Gasteiger charge is 2.28. The molecule has 0 unspecified atom stereocenters. The summed E-state index contributed by atoms with van der Waals surface area (Å²) in [4.78, 5) is 16.8. The highest BCUT2D eigenvalue weighted by Crippen LogP contribution is 2.48. The van der Waals surface area contributed by atoms with Crippen molar-refractivity contribution >= 4 is 52.5 Å². The first kappa shape index (κ1) is 19.5. The minimum atomic E-state index is -0.101. The van der Waals surface area contributed by atoms with Crippen LogP contribution in [-0.4, -0.2) is 24.1 Å². The van der Waals surface area contributed by atoms with Crippen LogP contribution in [0.1, 0.15) is 26.2 Å². The Morgan fingerprint density at radius 2 is 1.92 bits per heavy atom. The summed E-state index contributed by atoms with van der Waals surface area (Å²) in [6.45, 7) is 2.88. The number of hydrogen-bond donors (Lipinski definition) is 1. The summed E-state index contributed by atoms with van der Waals surface area (Å²) in [5.74, 6) is 2.09. The Labute approximate surface area is 168 Å². The minimum absolute atomic E-state index is 0.101. The van der Waals surface area contributed by atoms with Gasteiger partial charge >= 0.3 is 6.03 Å². The molecule has 3 rings (SSSR count). The first-order valence-corrected chi connectivity index (χ1v) is 11.3. The van der Waals surface area contributed by atoms with Crippen molar-refractivity contribution in [3.63, 3.8) is 0 Å². The second kappa shape index (κ2) is 9.58. The number of hydrogen-bond acceptors (Lipinski definition) is 3. The number of carbonyl (C=O) groups is 1. The van der Waals surface area contributed by atoms with Crippen LogP contribution in [0.4, 0.5) is 16.2 Å². The fraction of sp³-hybridized carbons (Fsp3) is 0.350. The van der Waals surface area contributed by atoms with E-state index in [1.54, 1.807) is 16.7 Å². The van der Waals surface area contributed by atoms with Gasteiger partial charge in [-0.1, -0.05) is 55.3 Å². The van der Waals surface area contributed by atoms with Crippen molar-refractivity contribution in [3.8, 4) is 0 Å². The summed E-state index contributed by atoms with van der Waals surface area (Å²) in [6, 6.07) is 13.6. The number of carbonyl (C=O) groups excluding carboxylic acids is 1. The van der Waals surface area contributed by atoms with Crippen LogP contribution in [0.2, 0.25) is 5.02 Å². The Kier molecular flexibility index (Phi) is 7.17. The van der Waals surface area contributed by atoms with Gasteiger partial charge in [-0.25, -0.2) is 4.79 Å². The topological polar surface area (TPSA) is 32.3 Å². The van der Waals surface area contributed by atoms with Gasteiger partial charge in [-0.3, -0.25) is 4.90 Å². The monoisotopic (exact) mass is 406 g/mol. The predicted molar refractivity (Wildman–Crippen MR) is 114 cm³/mol. The maximum absolute atomic E-state index is 12.9. The summed E-state index contributed by atoms with van der Waals surface area (Å²) < 4.78 is 0. The molecule has 2 aromatic rings. The first-order valence-electron chi connectivity index (χ1n) is 8.93. The third-order valence-electron chi connectivity index (χ3n) is 4.11. The van der Waals surface area contributed by atoms with Crippen LogP contribution in [0.15, 0.2) is 52.3 Å². The van der Waals surface area contributed by atoms with Crippen LogP contribution < -0.4 is 10.2 Å². The number of rotatable bonds is 7. The Morgan fingerprint density at radius 1 is 1.12 bits per heavy atom.